The van der Waals surface area contributed by atoms with Crippen LogP contribution in [0.5, 0.6) is 11.6 Å². The Morgan fingerprint density at radius 2 is 2.06 bits per heavy atom. The van der Waals surface area contributed by atoms with Gasteiger partial charge in [0.2, 0.25) is 5.88 Å². The predicted molar refractivity (Wildman–Crippen MR) is 72.6 cm³/mol. The van der Waals surface area contributed by atoms with Crippen molar-refractivity contribution in [2.75, 3.05) is 5.73 Å². The Morgan fingerprint density at radius 1 is 1.29 bits per heavy atom. The van der Waals surface area contributed by atoms with Crippen LogP contribution >= 0.6 is 27.5 Å². The number of halogens is 2. The second kappa shape index (κ2) is 4.94. The summed E-state index contributed by atoms with van der Waals surface area (Å²) in [5, 5.41) is 0.572. The number of hydrogen-bond donors (Lipinski definition) is 1. The molecule has 0 unspecified atom stereocenters. The van der Waals surface area contributed by atoms with Crippen molar-refractivity contribution in [2.24, 2.45) is 0 Å². The van der Waals surface area contributed by atoms with E-state index in [0.717, 1.165) is 10.2 Å². The van der Waals surface area contributed by atoms with E-state index in [1.807, 2.05) is 13.0 Å². The van der Waals surface area contributed by atoms with Gasteiger partial charge in [-0.3, -0.25) is 0 Å². The Morgan fingerprint density at radius 3 is 2.76 bits per heavy atom. The maximum Gasteiger partial charge on any atom is 0.219 e. The number of rotatable bonds is 2. The quantitative estimate of drug-likeness (QED) is 0.846. The Hall–Kier alpha value is -1.26. The minimum atomic E-state index is 0.486. The predicted octanol–water partition coefficient (Wildman–Crippen LogP) is 4.18. The Balaban J connectivity index is 2.31. The molecule has 1 aromatic heterocycles. The van der Waals surface area contributed by atoms with Crippen molar-refractivity contribution in [1.82, 2.24) is 4.98 Å². The first-order chi connectivity index (χ1) is 8.06. The fraction of sp³-hybridized carbons (Fsp3) is 0.0833. The van der Waals surface area contributed by atoms with E-state index in [4.69, 9.17) is 22.1 Å². The van der Waals surface area contributed by atoms with Gasteiger partial charge in [-0.2, -0.15) is 0 Å². The summed E-state index contributed by atoms with van der Waals surface area (Å²) in [6, 6.07) is 8.71. The van der Waals surface area contributed by atoms with E-state index < -0.39 is 0 Å². The van der Waals surface area contributed by atoms with Gasteiger partial charge in [0.05, 0.1) is 11.4 Å². The lowest BCUT2D eigenvalue weighted by Gasteiger charge is -2.08. The van der Waals surface area contributed by atoms with E-state index in [9.17, 15) is 0 Å². The first-order valence-electron chi connectivity index (χ1n) is 4.92. The van der Waals surface area contributed by atoms with Gasteiger partial charge in [0.25, 0.3) is 0 Å². The zero-order chi connectivity index (χ0) is 12.4. The zero-order valence-corrected chi connectivity index (χ0v) is 11.4. The average Bonchev–Trinajstić information content (AvgIpc) is 2.29. The van der Waals surface area contributed by atoms with Gasteiger partial charge in [0, 0.05) is 21.6 Å². The first-order valence-corrected chi connectivity index (χ1v) is 6.09. The third-order valence-corrected chi connectivity index (χ3v) is 3.26. The van der Waals surface area contributed by atoms with Crippen LogP contribution in [0.1, 0.15) is 5.69 Å². The molecular weight excluding hydrogens is 304 g/mol. The van der Waals surface area contributed by atoms with Crippen LogP contribution in [0.15, 0.2) is 34.8 Å². The summed E-state index contributed by atoms with van der Waals surface area (Å²) in [4.78, 5) is 4.27. The monoisotopic (exact) mass is 312 g/mol. The molecule has 2 N–H and O–H groups in total. The van der Waals surface area contributed by atoms with Gasteiger partial charge in [0.15, 0.2) is 5.75 Å². The lowest BCUT2D eigenvalue weighted by molar-refractivity contribution is 0.463. The molecule has 0 aliphatic carbocycles. The van der Waals surface area contributed by atoms with E-state index in [0.29, 0.717) is 22.3 Å². The number of aromatic nitrogens is 1. The van der Waals surface area contributed by atoms with Crippen LogP contribution in [0.3, 0.4) is 0 Å². The molecule has 1 heterocycles. The fourth-order valence-corrected chi connectivity index (χ4v) is 1.67. The van der Waals surface area contributed by atoms with E-state index in [1.165, 1.54) is 0 Å². The summed E-state index contributed by atoms with van der Waals surface area (Å²) >= 11 is 9.25. The van der Waals surface area contributed by atoms with Crippen LogP contribution in [0, 0.1) is 6.92 Å². The fourth-order valence-electron chi connectivity index (χ4n) is 1.29. The summed E-state index contributed by atoms with van der Waals surface area (Å²) < 4.78 is 6.52. The third kappa shape index (κ3) is 2.90. The van der Waals surface area contributed by atoms with E-state index in [1.54, 1.807) is 24.3 Å². The summed E-state index contributed by atoms with van der Waals surface area (Å²) in [5.74, 6) is 0.992. The van der Waals surface area contributed by atoms with Crippen LogP contribution in [-0.2, 0) is 0 Å². The molecule has 1 aromatic carbocycles. The molecule has 3 nitrogen and oxygen atoms in total. The molecule has 0 spiro atoms. The molecule has 0 radical (unpaired) electrons. The molecule has 0 saturated carbocycles. The minimum Gasteiger partial charge on any atom is -0.437 e. The smallest absolute Gasteiger partial charge is 0.219 e. The second-order valence-corrected chi connectivity index (χ2v) is 4.79. The molecule has 0 atom stereocenters. The number of aryl methyl sites for hydroxylation is 1. The van der Waals surface area contributed by atoms with Gasteiger partial charge in [0.1, 0.15) is 0 Å². The average molecular weight is 314 g/mol. The van der Waals surface area contributed by atoms with Crippen molar-refractivity contribution >= 4 is 33.2 Å². The lowest BCUT2D eigenvalue weighted by atomic mass is 10.3. The number of benzene rings is 1. The summed E-state index contributed by atoms with van der Waals surface area (Å²) in [7, 11) is 0. The first kappa shape index (κ1) is 12.2. The Kier molecular flexibility index (Phi) is 3.54. The summed E-state index contributed by atoms with van der Waals surface area (Å²) in [6.07, 6.45) is 0. The lowest BCUT2D eigenvalue weighted by Crippen LogP contribution is -1.94. The highest BCUT2D eigenvalue weighted by molar-refractivity contribution is 9.10. The molecule has 0 aliphatic heterocycles. The topological polar surface area (TPSA) is 48.1 Å². The van der Waals surface area contributed by atoms with Crippen molar-refractivity contribution in [3.05, 3.63) is 45.5 Å². The summed E-state index contributed by atoms with van der Waals surface area (Å²) in [6.45, 7) is 1.89. The molecule has 0 bridgehead atoms. The molecule has 0 amide bonds. The molecule has 0 saturated heterocycles. The van der Waals surface area contributed by atoms with Gasteiger partial charge in [-0.15, -0.1) is 0 Å². The molecule has 5 heteroatoms. The van der Waals surface area contributed by atoms with Gasteiger partial charge in [-0.1, -0.05) is 11.6 Å². The molecule has 2 aromatic rings. The Bertz CT molecular complexity index is 560. The normalized spacial score (nSPS) is 10.3. The number of pyridine rings is 1. The standard InChI is InChI=1S/C12H10BrClN2O/c1-7-9(13)3-5-12(16-7)17-11-6-8(14)2-4-10(11)15/h2-6H,15H2,1H3. The maximum absolute atomic E-state index is 5.88. The van der Waals surface area contributed by atoms with Crippen molar-refractivity contribution in [2.45, 2.75) is 6.92 Å². The van der Waals surface area contributed by atoms with Crippen molar-refractivity contribution < 1.29 is 4.74 Å². The summed E-state index contributed by atoms with van der Waals surface area (Å²) in [5.41, 5.74) is 7.16. The van der Waals surface area contributed by atoms with Crippen LogP contribution < -0.4 is 10.5 Å². The van der Waals surface area contributed by atoms with Crippen molar-refractivity contribution in [3.63, 3.8) is 0 Å². The molecule has 17 heavy (non-hydrogen) atoms. The van der Waals surface area contributed by atoms with Crippen LogP contribution in [0.2, 0.25) is 5.02 Å². The van der Waals surface area contributed by atoms with Gasteiger partial charge < -0.3 is 10.5 Å². The van der Waals surface area contributed by atoms with Crippen LogP contribution in [-0.4, -0.2) is 4.98 Å². The minimum absolute atomic E-state index is 0.486. The second-order valence-electron chi connectivity index (χ2n) is 3.50. The van der Waals surface area contributed by atoms with Crippen molar-refractivity contribution in [3.8, 4) is 11.6 Å². The van der Waals surface area contributed by atoms with Gasteiger partial charge in [-0.05, 0) is 41.1 Å². The highest BCUT2D eigenvalue weighted by atomic mass is 79.9. The third-order valence-electron chi connectivity index (χ3n) is 2.19. The molecule has 88 valence electrons. The number of nitrogen functional groups attached to an aromatic ring is 1. The highest BCUT2D eigenvalue weighted by Gasteiger charge is 2.05. The van der Waals surface area contributed by atoms with E-state index in [-0.39, 0.29) is 0 Å². The van der Waals surface area contributed by atoms with E-state index >= 15 is 0 Å². The van der Waals surface area contributed by atoms with Crippen LogP contribution in [0.4, 0.5) is 5.69 Å². The van der Waals surface area contributed by atoms with Crippen molar-refractivity contribution in [1.29, 1.82) is 0 Å². The number of ether oxygens (including phenoxy) is 1. The maximum atomic E-state index is 5.88. The van der Waals surface area contributed by atoms with E-state index in [2.05, 4.69) is 20.9 Å². The van der Waals surface area contributed by atoms with Gasteiger partial charge in [-0.25, -0.2) is 4.98 Å². The number of anilines is 1. The Labute approximate surface area is 113 Å². The zero-order valence-electron chi connectivity index (χ0n) is 9.08. The number of nitrogens with zero attached hydrogens (tertiary/aromatic N) is 1. The SMILES string of the molecule is Cc1nc(Oc2cc(Cl)ccc2N)ccc1Br. The molecule has 0 fully saturated rings. The largest absolute Gasteiger partial charge is 0.437 e. The highest BCUT2D eigenvalue weighted by Crippen LogP contribution is 2.30. The number of nitrogens with two attached hydrogens (primary N) is 1. The van der Waals surface area contributed by atoms with Crippen LogP contribution in [0.25, 0.3) is 0 Å². The van der Waals surface area contributed by atoms with Gasteiger partial charge >= 0.3 is 0 Å². The molecule has 0 aliphatic rings. The molecule has 2 rings (SSSR count). The molecular formula is C12H10BrClN2O. The number of hydrogen-bond acceptors (Lipinski definition) is 3.